The zero-order chi connectivity index (χ0) is 22.3. The van der Waals surface area contributed by atoms with Crippen LogP contribution in [0.3, 0.4) is 0 Å². The Morgan fingerprint density at radius 2 is 2.00 bits per heavy atom. The van der Waals surface area contributed by atoms with E-state index in [1.165, 1.54) is 11.6 Å². The molecule has 3 aromatic rings. The van der Waals surface area contributed by atoms with Gasteiger partial charge in [-0.15, -0.1) is 0 Å². The Labute approximate surface area is 178 Å². The molecular weight excluding hydrogens is 399 g/mol. The highest BCUT2D eigenvalue weighted by Gasteiger charge is 2.35. The second kappa shape index (κ2) is 7.66. The third-order valence-corrected chi connectivity index (χ3v) is 5.98. The van der Waals surface area contributed by atoms with Crippen LogP contribution in [0.1, 0.15) is 42.5 Å². The zero-order valence-electron chi connectivity index (χ0n) is 17.3. The van der Waals surface area contributed by atoms with Gasteiger partial charge in [0.25, 0.3) is 0 Å². The van der Waals surface area contributed by atoms with Crippen LogP contribution in [0, 0.1) is 18.3 Å². The van der Waals surface area contributed by atoms with Crippen molar-refractivity contribution < 1.29 is 13.2 Å². The summed E-state index contributed by atoms with van der Waals surface area (Å²) in [5.74, 6) is 0. The molecule has 0 bridgehead atoms. The van der Waals surface area contributed by atoms with Crippen LogP contribution >= 0.6 is 0 Å². The number of hydrogen-bond acceptors (Lipinski definition) is 2. The third-order valence-electron chi connectivity index (χ3n) is 5.98. The molecule has 0 saturated heterocycles. The number of rotatable bonds is 3. The first kappa shape index (κ1) is 20.8. The number of hydrogen-bond donors (Lipinski definition) is 1. The fraction of sp³-hybridized carbons (Fsp3) is 0.240. The average molecular weight is 421 g/mol. The Bertz CT molecular complexity index is 1270. The molecule has 1 aromatic heterocycles. The second-order valence-corrected chi connectivity index (χ2v) is 7.79. The fourth-order valence-electron chi connectivity index (χ4n) is 4.18. The van der Waals surface area contributed by atoms with E-state index in [2.05, 4.69) is 13.0 Å². The maximum atomic E-state index is 13.7. The molecule has 0 radical (unpaired) electrons. The number of halogens is 3. The summed E-state index contributed by atoms with van der Waals surface area (Å²) in [5.41, 5.74) is 9.53. The molecule has 0 spiro atoms. The molecule has 3 nitrogen and oxygen atoms in total. The second-order valence-electron chi connectivity index (χ2n) is 7.79. The minimum atomic E-state index is -4.61. The van der Waals surface area contributed by atoms with Crippen LogP contribution < -0.4 is 5.73 Å². The van der Waals surface area contributed by atoms with Crippen molar-refractivity contribution in [2.45, 2.75) is 38.9 Å². The van der Waals surface area contributed by atoms with Gasteiger partial charge in [0.1, 0.15) is 0 Å². The molecule has 1 aliphatic carbocycles. The first-order valence-corrected chi connectivity index (χ1v) is 10.1. The van der Waals surface area contributed by atoms with E-state index in [0.717, 1.165) is 29.2 Å². The molecule has 6 heteroatoms. The van der Waals surface area contributed by atoms with Crippen LogP contribution in [0.4, 0.5) is 18.9 Å². The third kappa shape index (κ3) is 3.61. The summed E-state index contributed by atoms with van der Waals surface area (Å²) in [4.78, 5) is 0. The van der Waals surface area contributed by atoms with Crippen molar-refractivity contribution in [3.8, 4) is 17.2 Å². The van der Waals surface area contributed by atoms with Crippen molar-refractivity contribution in [1.29, 1.82) is 5.26 Å². The van der Waals surface area contributed by atoms with Gasteiger partial charge in [-0.2, -0.15) is 18.4 Å². The van der Waals surface area contributed by atoms with Crippen LogP contribution in [0.5, 0.6) is 0 Å². The number of nitrogens with zero attached hydrogens (tertiary/aromatic N) is 2. The lowest BCUT2D eigenvalue weighted by molar-refractivity contribution is -0.137. The Hall–Kier alpha value is -3.46. The predicted molar refractivity (Wildman–Crippen MR) is 117 cm³/mol. The highest BCUT2D eigenvalue weighted by atomic mass is 19.4. The van der Waals surface area contributed by atoms with Gasteiger partial charge in [-0.1, -0.05) is 42.9 Å². The number of benzene rings is 2. The summed E-state index contributed by atoms with van der Waals surface area (Å²) in [5, 5.41) is 10.0. The number of aromatic nitrogens is 1. The monoisotopic (exact) mass is 421 g/mol. The lowest BCUT2D eigenvalue weighted by Gasteiger charge is -2.19. The summed E-state index contributed by atoms with van der Waals surface area (Å²) in [6.07, 6.45) is 5.05. The maximum absolute atomic E-state index is 13.7. The maximum Gasteiger partial charge on any atom is 0.417 e. The van der Waals surface area contributed by atoms with Crippen molar-refractivity contribution in [3.63, 3.8) is 0 Å². The molecule has 1 unspecified atom stereocenters. The van der Waals surface area contributed by atoms with Gasteiger partial charge in [0.2, 0.25) is 0 Å². The van der Waals surface area contributed by atoms with E-state index in [-0.39, 0.29) is 11.6 Å². The van der Waals surface area contributed by atoms with Gasteiger partial charge in [0.05, 0.1) is 23.2 Å². The summed E-state index contributed by atoms with van der Waals surface area (Å²) >= 11 is 0. The summed E-state index contributed by atoms with van der Waals surface area (Å²) in [6.45, 7) is 3.96. The van der Waals surface area contributed by atoms with Crippen LogP contribution in [-0.2, 0) is 6.18 Å². The minimum Gasteiger partial charge on any atom is -0.398 e. The van der Waals surface area contributed by atoms with Gasteiger partial charge in [0.15, 0.2) is 0 Å². The number of anilines is 1. The van der Waals surface area contributed by atoms with Crippen molar-refractivity contribution >= 4 is 16.6 Å². The zero-order valence-corrected chi connectivity index (χ0v) is 17.3. The molecule has 2 aromatic carbocycles. The van der Waals surface area contributed by atoms with Gasteiger partial charge in [-0.25, -0.2) is 0 Å². The van der Waals surface area contributed by atoms with Crippen molar-refractivity contribution in [3.05, 3.63) is 77.0 Å². The Morgan fingerprint density at radius 1 is 1.23 bits per heavy atom. The number of fused-ring (bicyclic) bond motifs is 1. The molecule has 158 valence electrons. The van der Waals surface area contributed by atoms with E-state index in [1.54, 1.807) is 12.1 Å². The van der Waals surface area contributed by atoms with Crippen LogP contribution in [0.2, 0.25) is 0 Å². The van der Waals surface area contributed by atoms with Crippen LogP contribution in [0.15, 0.2) is 60.3 Å². The molecule has 1 aliphatic rings. The quantitative estimate of drug-likeness (QED) is 0.466. The van der Waals surface area contributed by atoms with Gasteiger partial charge < -0.3 is 10.3 Å². The van der Waals surface area contributed by atoms with Crippen molar-refractivity contribution in [1.82, 2.24) is 4.57 Å². The van der Waals surface area contributed by atoms with Gasteiger partial charge in [0, 0.05) is 28.4 Å². The SMILES string of the molecule is CCC1=CCC(n2cc(-c3cccc(N)c3C)c3cc(C#N)c(C(F)(F)F)cc32)C=C1. The lowest BCUT2D eigenvalue weighted by atomic mass is 9.96. The Morgan fingerprint density at radius 3 is 2.61 bits per heavy atom. The lowest BCUT2D eigenvalue weighted by Crippen LogP contribution is -2.10. The molecule has 0 saturated carbocycles. The predicted octanol–water partition coefficient (Wildman–Crippen LogP) is 6.93. The average Bonchev–Trinajstić information content (AvgIpc) is 3.12. The molecular formula is C25H22F3N3. The molecule has 1 heterocycles. The van der Waals surface area contributed by atoms with E-state index in [9.17, 15) is 18.4 Å². The first-order valence-electron chi connectivity index (χ1n) is 10.1. The van der Waals surface area contributed by atoms with E-state index in [1.807, 2.05) is 42.0 Å². The van der Waals surface area contributed by atoms with Crippen molar-refractivity contribution in [2.24, 2.45) is 0 Å². The number of nitrogens with two attached hydrogens (primary N) is 1. The highest BCUT2D eigenvalue weighted by Crippen LogP contribution is 2.41. The minimum absolute atomic E-state index is 0.109. The first-order chi connectivity index (χ1) is 14.7. The normalized spacial score (nSPS) is 16.4. The van der Waals surface area contributed by atoms with E-state index in [0.29, 0.717) is 23.0 Å². The van der Waals surface area contributed by atoms with Gasteiger partial charge in [-0.3, -0.25) is 0 Å². The molecule has 0 fully saturated rings. The smallest absolute Gasteiger partial charge is 0.398 e. The molecule has 31 heavy (non-hydrogen) atoms. The molecule has 0 aliphatic heterocycles. The summed E-state index contributed by atoms with van der Waals surface area (Å²) in [6, 6.07) is 9.59. The fourth-order valence-corrected chi connectivity index (χ4v) is 4.18. The van der Waals surface area contributed by atoms with E-state index < -0.39 is 11.7 Å². The summed E-state index contributed by atoms with van der Waals surface area (Å²) < 4.78 is 42.9. The number of nitrogen functional groups attached to an aromatic ring is 1. The van der Waals surface area contributed by atoms with Crippen LogP contribution in [0.25, 0.3) is 22.0 Å². The molecule has 2 N–H and O–H groups in total. The highest BCUT2D eigenvalue weighted by molar-refractivity contribution is 5.99. The van der Waals surface area contributed by atoms with E-state index >= 15 is 0 Å². The topological polar surface area (TPSA) is 54.7 Å². The van der Waals surface area contributed by atoms with Crippen LogP contribution in [-0.4, -0.2) is 4.57 Å². The number of alkyl halides is 3. The summed E-state index contributed by atoms with van der Waals surface area (Å²) in [7, 11) is 0. The molecule has 0 amide bonds. The standard InChI is InChI=1S/C25H22F3N3/c1-3-16-7-9-18(10-8-16)31-14-21(19-5-4-6-23(30)15(19)2)20-11-17(13-29)22(12-24(20)31)25(26,27)28/h4-9,11-12,14,18H,3,10,30H2,1-2H3. The molecule has 4 rings (SSSR count). The number of allylic oxidation sites excluding steroid dienone is 4. The van der Waals surface area contributed by atoms with E-state index in [4.69, 9.17) is 5.73 Å². The van der Waals surface area contributed by atoms with Gasteiger partial charge in [-0.05, 0) is 49.1 Å². The Kier molecular flexibility index (Phi) is 5.14. The molecule has 1 atom stereocenters. The van der Waals surface area contributed by atoms with Gasteiger partial charge >= 0.3 is 6.18 Å². The van der Waals surface area contributed by atoms with Crippen molar-refractivity contribution in [2.75, 3.05) is 5.73 Å². The Balaban J connectivity index is 2.01. The largest absolute Gasteiger partial charge is 0.417 e. The number of nitriles is 1.